The summed E-state index contributed by atoms with van der Waals surface area (Å²) in [7, 11) is -2.89. The highest BCUT2D eigenvalue weighted by Gasteiger charge is 2.45. The van der Waals surface area contributed by atoms with Crippen molar-refractivity contribution in [2.45, 2.75) is 24.9 Å². The van der Waals surface area contributed by atoms with Crippen LogP contribution in [0.15, 0.2) is 128 Å². The Morgan fingerprint density at radius 1 is 0.738 bits per heavy atom. The number of carbonyl (C=O) groups is 2. The van der Waals surface area contributed by atoms with Gasteiger partial charge in [0.1, 0.15) is 11.5 Å². The van der Waals surface area contributed by atoms with Crippen molar-refractivity contribution >= 4 is 59.3 Å². The zero-order valence-corrected chi connectivity index (χ0v) is 34.9. The molecular formula is C45H44B2F2N10O6. The molecule has 4 aromatic heterocycles. The minimum absolute atomic E-state index is 0.0314. The quantitative estimate of drug-likeness (QED) is 0.115. The Balaban J connectivity index is 0.000000251. The number of nitrogens with zero attached hydrogens (tertiary/aromatic N) is 8. The summed E-state index contributed by atoms with van der Waals surface area (Å²) in [6.07, 6.45) is 10.5. The molecule has 6 N–H and O–H groups in total. The highest BCUT2D eigenvalue weighted by molar-refractivity contribution is 6.58. The summed E-state index contributed by atoms with van der Waals surface area (Å²) in [6, 6.07) is 26.1. The molecule has 3 aliphatic rings. The Morgan fingerprint density at radius 2 is 1.40 bits per heavy atom. The predicted octanol–water partition coefficient (Wildman–Crippen LogP) is 2.24. The third-order valence-corrected chi connectivity index (χ3v) is 11.6. The maximum Gasteiger partial charge on any atom is 0.488 e. The number of pyridine rings is 2. The van der Waals surface area contributed by atoms with Crippen LogP contribution in [0.4, 0.5) is 20.2 Å². The summed E-state index contributed by atoms with van der Waals surface area (Å²) in [5, 5.41) is 45.7. The molecule has 0 aliphatic carbocycles. The Labute approximate surface area is 372 Å². The second-order valence-electron chi connectivity index (χ2n) is 15.9. The van der Waals surface area contributed by atoms with Crippen LogP contribution in [-0.4, -0.2) is 131 Å². The molecule has 7 heterocycles. The van der Waals surface area contributed by atoms with E-state index in [2.05, 4.69) is 45.2 Å². The summed E-state index contributed by atoms with van der Waals surface area (Å²) < 4.78 is 25.4. The van der Waals surface area contributed by atoms with Crippen molar-refractivity contribution in [1.29, 1.82) is 0 Å². The summed E-state index contributed by atoms with van der Waals surface area (Å²) in [5.74, 6) is -0.438. The molecule has 65 heavy (non-hydrogen) atoms. The standard InChI is InChI=1S/C34H32FN9O2.C6H6BFO2.C5H6BNO2/c35-24-15-37-33(38-16-24)22-1-4-26(5-2-22)43-18-28-14-27(43)19-44(28)31(45)20-42-12-9-23(17-42)34(46)39-25-3-6-30-29(13-25)32(41-40-30)21-7-10-36-11-8-21;8-6-3-1-5(2-4-6)7(9)10;8-6(9)5-1-3-7-4-2-5/h1-8,10-11,13,15-16,23,27-28H,9,12,14,17-20H2,(H,39,46)(H,40,41);1-4,9-10H;1-4,8-9H/t23-,27+,28+;;/m1../s1. The average molecular weight is 881 g/mol. The molecule has 0 radical (unpaired) electrons. The van der Waals surface area contributed by atoms with E-state index in [4.69, 9.17) is 20.1 Å². The van der Waals surface area contributed by atoms with Gasteiger partial charge in [0.2, 0.25) is 11.8 Å². The van der Waals surface area contributed by atoms with E-state index < -0.39 is 20.1 Å². The van der Waals surface area contributed by atoms with Crippen molar-refractivity contribution in [2.75, 3.05) is 42.9 Å². The molecule has 3 fully saturated rings. The number of fused-ring (bicyclic) bond motifs is 3. The van der Waals surface area contributed by atoms with Crippen LogP contribution >= 0.6 is 0 Å². The van der Waals surface area contributed by atoms with Crippen molar-refractivity contribution in [3.63, 3.8) is 0 Å². The first-order valence-electron chi connectivity index (χ1n) is 20.9. The first-order chi connectivity index (χ1) is 31.5. The molecule has 0 spiro atoms. The van der Waals surface area contributed by atoms with Gasteiger partial charge in [0.25, 0.3) is 0 Å². The zero-order valence-electron chi connectivity index (χ0n) is 34.9. The van der Waals surface area contributed by atoms with Gasteiger partial charge in [0.15, 0.2) is 11.6 Å². The van der Waals surface area contributed by atoms with E-state index in [-0.39, 0.29) is 35.6 Å². The van der Waals surface area contributed by atoms with Crippen LogP contribution in [-0.2, 0) is 9.59 Å². The van der Waals surface area contributed by atoms with Crippen molar-refractivity contribution in [2.24, 2.45) is 5.92 Å². The molecule has 7 aromatic rings. The number of nitrogens with one attached hydrogen (secondary N) is 2. The Kier molecular flexibility index (Phi) is 13.9. The smallest absolute Gasteiger partial charge is 0.423 e. The van der Waals surface area contributed by atoms with Gasteiger partial charge in [-0.05, 0) is 109 Å². The molecule has 3 aromatic carbocycles. The van der Waals surface area contributed by atoms with Crippen LogP contribution in [0.25, 0.3) is 33.5 Å². The van der Waals surface area contributed by atoms with Crippen molar-refractivity contribution in [3.05, 3.63) is 140 Å². The second-order valence-corrected chi connectivity index (χ2v) is 15.9. The number of likely N-dealkylation sites (tertiary alicyclic amines) is 2. The molecule has 330 valence electrons. The van der Waals surface area contributed by atoms with Gasteiger partial charge in [0.05, 0.1) is 36.4 Å². The number of piperazine rings is 1. The third kappa shape index (κ3) is 10.9. The predicted molar refractivity (Wildman–Crippen MR) is 241 cm³/mol. The van der Waals surface area contributed by atoms with Gasteiger partial charge in [-0.2, -0.15) is 5.10 Å². The number of anilines is 2. The lowest BCUT2D eigenvalue weighted by atomic mass is 9.80. The number of aromatic nitrogens is 6. The number of aromatic amines is 1. The highest BCUT2D eigenvalue weighted by Crippen LogP contribution is 2.36. The largest absolute Gasteiger partial charge is 0.488 e. The lowest BCUT2D eigenvalue weighted by molar-refractivity contribution is -0.133. The summed E-state index contributed by atoms with van der Waals surface area (Å²) in [5.41, 5.74) is 6.06. The van der Waals surface area contributed by atoms with Crippen LogP contribution in [0.1, 0.15) is 12.8 Å². The van der Waals surface area contributed by atoms with Gasteiger partial charge in [-0.1, -0.05) is 12.1 Å². The molecule has 20 heteroatoms. The topological polar surface area (TPSA) is 217 Å². The van der Waals surface area contributed by atoms with Crippen molar-refractivity contribution in [1.82, 2.24) is 39.9 Å². The van der Waals surface area contributed by atoms with Crippen molar-refractivity contribution in [3.8, 4) is 22.6 Å². The minimum atomic E-state index is -1.51. The van der Waals surface area contributed by atoms with Gasteiger partial charge < -0.3 is 35.2 Å². The Bertz CT molecular complexity index is 2690. The molecule has 2 bridgehead atoms. The van der Waals surface area contributed by atoms with Crippen LogP contribution in [0.3, 0.4) is 0 Å². The maximum atomic E-state index is 13.4. The highest BCUT2D eigenvalue weighted by atomic mass is 19.1. The van der Waals surface area contributed by atoms with E-state index in [1.165, 1.54) is 49.1 Å². The lowest BCUT2D eigenvalue weighted by Gasteiger charge is -2.36. The van der Waals surface area contributed by atoms with E-state index in [1.54, 1.807) is 24.5 Å². The van der Waals surface area contributed by atoms with Gasteiger partial charge in [0, 0.05) is 78.4 Å². The van der Waals surface area contributed by atoms with E-state index in [0.717, 1.165) is 58.6 Å². The molecule has 3 aliphatic heterocycles. The molecule has 0 unspecified atom stereocenters. The number of hydrogen-bond acceptors (Lipinski definition) is 13. The molecular weight excluding hydrogens is 836 g/mol. The zero-order chi connectivity index (χ0) is 45.5. The number of halogens is 2. The lowest BCUT2D eigenvalue weighted by Crippen LogP contribution is -2.51. The SMILES string of the molecule is O=C(Nc1ccc2[nH]nc(-c3ccncc3)c2c1)[C@@H]1CCN(CC(=O)N2C[C@@H]3C[C@H]2CN3c2ccc(-c3ncc(F)cn3)cc2)C1.OB(O)c1ccc(F)cc1.OB(O)c1ccncc1. The first-order valence-corrected chi connectivity index (χ1v) is 20.9. The van der Waals surface area contributed by atoms with Crippen LogP contribution in [0.5, 0.6) is 0 Å². The molecule has 3 atom stereocenters. The van der Waals surface area contributed by atoms with Crippen LogP contribution < -0.4 is 21.1 Å². The fourth-order valence-corrected chi connectivity index (χ4v) is 8.26. The maximum absolute atomic E-state index is 13.4. The number of carbonyl (C=O) groups excluding carboxylic acids is 2. The average Bonchev–Trinajstić information content (AvgIpc) is 4.16. The fourth-order valence-electron chi connectivity index (χ4n) is 8.26. The summed E-state index contributed by atoms with van der Waals surface area (Å²) in [6.45, 7) is 3.09. The number of H-pyrrole nitrogens is 1. The number of benzene rings is 3. The van der Waals surface area contributed by atoms with Gasteiger partial charge in [-0.25, -0.2) is 18.7 Å². The Hall–Kier alpha value is -6.96. The van der Waals surface area contributed by atoms with Gasteiger partial charge >= 0.3 is 14.2 Å². The molecule has 3 saturated heterocycles. The van der Waals surface area contributed by atoms with Crippen LogP contribution in [0, 0.1) is 17.6 Å². The summed E-state index contributed by atoms with van der Waals surface area (Å²) >= 11 is 0. The number of amides is 2. The number of hydrogen-bond donors (Lipinski definition) is 6. The number of rotatable bonds is 9. The van der Waals surface area contributed by atoms with E-state index in [0.29, 0.717) is 42.8 Å². The fraction of sp³-hybridized carbons (Fsp3) is 0.222. The van der Waals surface area contributed by atoms with E-state index in [1.807, 2.05) is 59.5 Å². The van der Waals surface area contributed by atoms with E-state index in [9.17, 15) is 18.4 Å². The Morgan fingerprint density at radius 3 is 2.03 bits per heavy atom. The summed E-state index contributed by atoms with van der Waals surface area (Å²) in [4.78, 5) is 49.0. The molecule has 2 amide bonds. The van der Waals surface area contributed by atoms with Crippen molar-refractivity contribution < 1.29 is 38.5 Å². The van der Waals surface area contributed by atoms with Crippen LogP contribution in [0.2, 0.25) is 0 Å². The molecule has 10 rings (SSSR count). The molecule has 16 nitrogen and oxygen atoms in total. The first kappa shape index (κ1) is 44.6. The van der Waals surface area contributed by atoms with Gasteiger partial charge in [-0.15, -0.1) is 0 Å². The monoisotopic (exact) mass is 880 g/mol. The normalized spacial score (nSPS) is 17.5. The van der Waals surface area contributed by atoms with Gasteiger partial charge in [-0.3, -0.25) is 29.6 Å². The minimum Gasteiger partial charge on any atom is -0.423 e. The van der Waals surface area contributed by atoms with E-state index >= 15 is 0 Å². The third-order valence-electron chi connectivity index (χ3n) is 11.6. The molecule has 0 saturated carbocycles. The second kappa shape index (κ2) is 20.3.